The monoisotopic (exact) mass is 531 g/mol. The van der Waals surface area contributed by atoms with Crippen molar-refractivity contribution in [3.8, 4) is 0 Å². The van der Waals surface area contributed by atoms with E-state index < -0.39 is 5.91 Å². The van der Waals surface area contributed by atoms with Crippen molar-refractivity contribution in [2.75, 3.05) is 33.4 Å². The molecule has 1 aromatic carbocycles. The van der Waals surface area contributed by atoms with Gasteiger partial charge in [0.15, 0.2) is 5.96 Å². The highest BCUT2D eigenvalue weighted by Gasteiger charge is 2.36. The molecule has 9 heteroatoms. The second-order valence-corrected chi connectivity index (χ2v) is 7.49. The molecule has 0 spiro atoms. The minimum Gasteiger partial charge on any atom is -0.385 e. The van der Waals surface area contributed by atoms with E-state index in [1.807, 2.05) is 19.1 Å². The van der Waals surface area contributed by atoms with Crippen LogP contribution in [0, 0.1) is 5.41 Å². The van der Waals surface area contributed by atoms with Gasteiger partial charge in [-0.15, -0.1) is 24.0 Å². The van der Waals surface area contributed by atoms with E-state index in [9.17, 15) is 9.59 Å². The number of benzene rings is 1. The number of rotatable bonds is 11. The summed E-state index contributed by atoms with van der Waals surface area (Å²) < 4.78 is 5.26. The number of ether oxygens (including phenoxy) is 1. The number of nitrogens with zero attached hydrogens (tertiary/aromatic N) is 1. The number of hydrogen-bond donors (Lipinski definition) is 4. The van der Waals surface area contributed by atoms with Crippen LogP contribution < -0.4 is 21.7 Å². The summed E-state index contributed by atoms with van der Waals surface area (Å²) in [7, 11) is 1.75. The topological polar surface area (TPSA) is 118 Å². The summed E-state index contributed by atoms with van der Waals surface area (Å²) in [6, 6.07) is 7.15. The van der Waals surface area contributed by atoms with Crippen LogP contribution in [-0.4, -0.2) is 51.1 Å². The molecule has 1 saturated carbocycles. The van der Waals surface area contributed by atoms with Gasteiger partial charge < -0.3 is 26.4 Å². The Morgan fingerprint density at radius 1 is 1.17 bits per heavy atom. The Labute approximate surface area is 195 Å². The van der Waals surface area contributed by atoms with Gasteiger partial charge in [0, 0.05) is 32.4 Å². The zero-order valence-electron chi connectivity index (χ0n) is 17.8. The second kappa shape index (κ2) is 13.4. The number of halogens is 1. The van der Waals surface area contributed by atoms with E-state index in [4.69, 9.17) is 10.5 Å². The molecule has 0 atom stereocenters. The molecule has 1 aliphatic rings. The van der Waals surface area contributed by atoms with E-state index >= 15 is 0 Å². The van der Waals surface area contributed by atoms with E-state index in [2.05, 4.69) is 20.9 Å². The SMILES string of the molecule is CCNC(=NCc1ccc(C(=O)NCC(N)=O)cc1)NCC1(CCOC)CCC1.I. The lowest BCUT2D eigenvalue weighted by Crippen LogP contribution is -2.46. The summed E-state index contributed by atoms with van der Waals surface area (Å²) in [5, 5.41) is 9.23. The summed E-state index contributed by atoms with van der Waals surface area (Å²) in [6.45, 7) is 4.84. The molecular formula is C21H34IN5O3. The highest BCUT2D eigenvalue weighted by atomic mass is 127. The van der Waals surface area contributed by atoms with Crippen molar-refractivity contribution in [1.29, 1.82) is 0 Å². The van der Waals surface area contributed by atoms with Gasteiger partial charge in [-0.2, -0.15) is 0 Å². The molecular weight excluding hydrogens is 497 g/mol. The quantitative estimate of drug-likeness (QED) is 0.197. The lowest BCUT2D eigenvalue weighted by atomic mass is 9.67. The maximum atomic E-state index is 11.9. The van der Waals surface area contributed by atoms with Crippen LogP contribution in [0.5, 0.6) is 0 Å². The van der Waals surface area contributed by atoms with E-state index in [1.165, 1.54) is 19.3 Å². The van der Waals surface area contributed by atoms with Crippen LogP contribution in [-0.2, 0) is 16.1 Å². The fraction of sp³-hybridized carbons (Fsp3) is 0.571. The highest BCUT2D eigenvalue weighted by molar-refractivity contribution is 14.0. The molecule has 0 aromatic heterocycles. The number of primary amides is 1. The number of guanidine groups is 1. The standard InChI is InChI=1S/C21H33N5O3.HI/c1-3-23-20(26-15-21(9-4-10-21)11-12-29-2)25-13-16-5-7-17(8-6-16)19(28)24-14-18(22)27;/h5-8H,3-4,9-15H2,1-2H3,(H2,22,27)(H,24,28)(H2,23,25,26);1H. The first-order chi connectivity index (χ1) is 14.0. The minimum absolute atomic E-state index is 0. The first-order valence-corrected chi connectivity index (χ1v) is 10.1. The molecule has 2 amide bonds. The van der Waals surface area contributed by atoms with Gasteiger partial charge in [-0.05, 0) is 49.3 Å². The van der Waals surface area contributed by atoms with E-state index in [0.29, 0.717) is 17.5 Å². The second-order valence-electron chi connectivity index (χ2n) is 7.49. The summed E-state index contributed by atoms with van der Waals surface area (Å²) in [4.78, 5) is 27.3. The van der Waals surface area contributed by atoms with Crippen LogP contribution in [0.4, 0.5) is 0 Å². The Kier molecular flexibility index (Phi) is 11.7. The predicted octanol–water partition coefficient (Wildman–Crippen LogP) is 1.78. The van der Waals surface area contributed by atoms with Gasteiger partial charge in [0.25, 0.3) is 5.91 Å². The van der Waals surface area contributed by atoms with Crippen molar-refractivity contribution in [1.82, 2.24) is 16.0 Å². The molecule has 1 aromatic rings. The largest absolute Gasteiger partial charge is 0.385 e. The lowest BCUT2D eigenvalue weighted by molar-refractivity contribution is -0.117. The van der Waals surface area contributed by atoms with E-state index in [0.717, 1.165) is 37.6 Å². The van der Waals surface area contributed by atoms with Gasteiger partial charge in [-0.1, -0.05) is 18.6 Å². The summed E-state index contributed by atoms with van der Waals surface area (Å²) in [6.07, 6.45) is 4.79. The molecule has 0 bridgehead atoms. The summed E-state index contributed by atoms with van der Waals surface area (Å²) in [5.74, 6) is -0.103. The lowest BCUT2D eigenvalue weighted by Gasteiger charge is -2.42. The fourth-order valence-electron chi connectivity index (χ4n) is 3.32. The third-order valence-electron chi connectivity index (χ3n) is 5.28. The number of carbonyl (C=O) groups excluding carboxylic acids is 2. The maximum Gasteiger partial charge on any atom is 0.251 e. The maximum absolute atomic E-state index is 11.9. The minimum atomic E-state index is -0.571. The average molecular weight is 531 g/mol. The highest BCUT2D eigenvalue weighted by Crippen LogP contribution is 2.43. The third kappa shape index (κ3) is 8.47. The Bertz CT molecular complexity index is 705. The van der Waals surface area contributed by atoms with Gasteiger partial charge >= 0.3 is 0 Å². The Balaban J connectivity index is 0.00000450. The van der Waals surface area contributed by atoms with Crippen LogP contribution >= 0.6 is 24.0 Å². The molecule has 1 aliphatic carbocycles. The number of aliphatic imine (C=N–C) groups is 1. The van der Waals surface area contributed by atoms with Crippen LogP contribution in [0.1, 0.15) is 48.5 Å². The predicted molar refractivity (Wildman–Crippen MR) is 129 cm³/mol. The number of nitrogens with two attached hydrogens (primary N) is 1. The van der Waals surface area contributed by atoms with Crippen LogP contribution in [0.15, 0.2) is 29.3 Å². The Morgan fingerprint density at radius 3 is 2.40 bits per heavy atom. The van der Waals surface area contributed by atoms with Crippen LogP contribution in [0.2, 0.25) is 0 Å². The first-order valence-electron chi connectivity index (χ1n) is 10.1. The van der Waals surface area contributed by atoms with E-state index in [1.54, 1.807) is 19.2 Å². The average Bonchev–Trinajstić information content (AvgIpc) is 2.69. The van der Waals surface area contributed by atoms with Crippen LogP contribution in [0.3, 0.4) is 0 Å². The zero-order chi connectivity index (χ0) is 21.1. The van der Waals surface area contributed by atoms with Crippen molar-refractivity contribution in [2.45, 2.75) is 39.2 Å². The number of amides is 2. The van der Waals surface area contributed by atoms with Crippen LogP contribution in [0.25, 0.3) is 0 Å². The third-order valence-corrected chi connectivity index (χ3v) is 5.28. The van der Waals surface area contributed by atoms with Crippen molar-refractivity contribution in [3.63, 3.8) is 0 Å². The number of carbonyl (C=O) groups is 2. The van der Waals surface area contributed by atoms with Gasteiger partial charge in [0.2, 0.25) is 5.91 Å². The summed E-state index contributed by atoms with van der Waals surface area (Å²) >= 11 is 0. The van der Waals surface area contributed by atoms with Gasteiger partial charge in [-0.3, -0.25) is 9.59 Å². The molecule has 0 saturated heterocycles. The Morgan fingerprint density at radius 2 is 1.87 bits per heavy atom. The van der Waals surface area contributed by atoms with Crippen molar-refractivity contribution in [3.05, 3.63) is 35.4 Å². The smallest absolute Gasteiger partial charge is 0.251 e. The van der Waals surface area contributed by atoms with Crippen molar-refractivity contribution >= 4 is 41.8 Å². The zero-order valence-corrected chi connectivity index (χ0v) is 20.2. The van der Waals surface area contributed by atoms with Gasteiger partial charge in [-0.25, -0.2) is 4.99 Å². The van der Waals surface area contributed by atoms with Crippen molar-refractivity contribution < 1.29 is 14.3 Å². The number of nitrogens with one attached hydrogen (secondary N) is 3. The number of methoxy groups -OCH3 is 1. The molecule has 1 fully saturated rings. The molecule has 0 radical (unpaired) electrons. The first kappa shape index (κ1) is 26.2. The fourth-order valence-corrected chi connectivity index (χ4v) is 3.32. The molecule has 168 valence electrons. The van der Waals surface area contributed by atoms with Gasteiger partial charge in [0.05, 0.1) is 13.1 Å². The molecule has 0 aliphatic heterocycles. The molecule has 0 unspecified atom stereocenters. The molecule has 8 nitrogen and oxygen atoms in total. The summed E-state index contributed by atoms with van der Waals surface area (Å²) in [5.41, 5.74) is 6.82. The molecule has 2 rings (SSSR count). The van der Waals surface area contributed by atoms with E-state index in [-0.39, 0.29) is 36.4 Å². The molecule has 0 heterocycles. The Hall–Kier alpha value is -1.88. The van der Waals surface area contributed by atoms with Gasteiger partial charge in [0.1, 0.15) is 0 Å². The number of hydrogen-bond acceptors (Lipinski definition) is 4. The normalized spacial score (nSPS) is 14.8. The molecule has 30 heavy (non-hydrogen) atoms. The van der Waals surface area contributed by atoms with Crippen molar-refractivity contribution in [2.24, 2.45) is 16.1 Å². The molecule has 5 N–H and O–H groups in total.